The Balaban J connectivity index is 2.24. The van der Waals surface area contributed by atoms with Crippen molar-refractivity contribution in [3.8, 4) is 11.1 Å². The van der Waals surface area contributed by atoms with Gasteiger partial charge in [-0.2, -0.15) is 13.2 Å². The molecule has 1 aliphatic rings. The van der Waals surface area contributed by atoms with Crippen LogP contribution in [0.4, 0.5) is 13.2 Å². The van der Waals surface area contributed by atoms with Gasteiger partial charge in [0, 0.05) is 0 Å². The van der Waals surface area contributed by atoms with Gasteiger partial charge in [0.25, 0.3) is 0 Å². The molecule has 0 amide bonds. The third kappa shape index (κ3) is 1.75. The van der Waals surface area contributed by atoms with Crippen LogP contribution in [0, 0.1) is 0 Å². The van der Waals surface area contributed by atoms with E-state index in [-0.39, 0.29) is 0 Å². The van der Waals surface area contributed by atoms with Gasteiger partial charge in [-0.1, -0.05) is 48.5 Å². The SMILES string of the molecule is O=C(C1c2ccccc2-c2ccccc21)C(F)(F)F. The highest BCUT2D eigenvalue weighted by Gasteiger charge is 2.47. The van der Waals surface area contributed by atoms with Crippen LogP contribution in [0.3, 0.4) is 0 Å². The molecule has 1 aliphatic carbocycles. The zero-order chi connectivity index (χ0) is 13.6. The van der Waals surface area contributed by atoms with E-state index in [1.807, 2.05) is 0 Å². The number of carbonyl (C=O) groups is 1. The summed E-state index contributed by atoms with van der Waals surface area (Å²) in [5.41, 5.74) is 2.29. The van der Waals surface area contributed by atoms with Gasteiger partial charge >= 0.3 is 6.18 Å². The largest absolute Gasteiger partial charge is 0.450 e. The molecule has 2 aromatic rings. The molecule has 0 heterocycles. The molecule has 96 valence electrons. The minimum atomic E-state index is -4.82. The van der Waals surface area contributed by atoms with Crippen molar-refractivity contribution in [3.63, 3.8) is 0 Å². The Labute approximate surface area is 107 Å². The monoisotopic (exact) mass is 262 g/mol. The zero-order valence-corrected chi connectivity index (χ0v) is 9.74. The first kappa shape index (κ1) is 12.0. The predicted molar refractivity (Wildman–Crippen MR) is 64.8 cm³/mol. The van der Waals surface area contributed by atoms with Crippen molar-refractivity contribution in [3.05, 3.63) is 59.7 Å². The Kier molecular flexibility index (Phi) is 2.49. The maximum atomic E-state index is 12.7. The molecule has 0 saturated carbocycles. The van der Waals surface area contributed by atoms with E-state index >= 15 is 0 Å². The summed E-state index contributed by atoms with van der Waals surface area (Å²) in [5.74, 6) is -2.93. The lowest BCUT2D eigenvalue weighted by Gasteiger charge is -2.14. The van der Waals surface area contributed by atoms with Crippen molar-refractivity contribution in [1.82, 2.24) is 0 Å². The van der Waals surface area contributed by atoms with Gasteiger partial charge in [-0.05, 0) is 22.3 Å². The Morgan fingerprint density at radius 1 is 0.842 bits per heavy atom. The first-order valence-corrected chi connectivity index (χ1v) is 5.79. The van der Waals surface area contributed by atoms with Crippen LogP contribution in [0.5, 0.6) is 0 Å². The van der Waals surface area contributed by atoms with Gasteiger partial charge in [-0.25, -0.2) is 0 Å². The van der Waals surface area contributed by atoms with Gasteiger partial charge in [-0.3, -0.25) is 4.79 Å². The number of alkyl halides is 3. The molecule has 0 bridgehead atoms. The van der Waals surface area contributed by atoms with Crippen LogP contribution < -0.4 is 0 Å². The summed E-state index contributed by atoms with van der Waals surface area (Å²) in [6, 6.07) is 13.5. The van der Waals surface area contributed by atoms with Crippen molar-refractivity contribution >= 4 is 5.78 Å². The highest BCUT2D eigenvalue weighted by molar-refractivity contribution is 6.00. The van der Waals surface area contributed by atoms with Crippen molar-refractivity contribution in [1.29, 1.82) is 0 Å². The van der Waals surface area contributed by atoms with Crippen LogP contribution in [0.2, 0.25) is 0 Å². The summed E-state index contributed by atoms with van der Waals surface area (Å²) in [5, 5.41) is 0. The summed E-state index contributed by atoms with van der Waals surface area (Å²) in [6.45, 7) is 0. The lowest BCUT2D eigenvalue weighted by atomic mass is 9.92. The number of ketones is 1. The third-order valence-corrected chi connectivity index (χ3v) is 3.38. The van der Waals surface area contributed by atoms with Crippen molar-refractivity contribution in [2.45, 2.75) is 12.1 Å². The van der Waals surface area contributed by atoms with Gasteiger partial charge in [0.1, 0.15) is 0 Å². The van der Waals surface area contributed by atoms with E-state index in [1.165, 1.54) is 0 Å². The van der Waals surface area contributed by atoms with E-state index in [2.05, 4.69) is 0 Å². The Hall–Kier alpha value is -2.10. The lowest BCUT2D eigenvalue weighted by molar-refractivity contribution is -0.171. The average Bonchev–Trinajstić information content (AvgIpc) is 2.71. The maximum absolute atomic E-state index is 12.7. The fourth-order valence-electron chi connectivity index (χ4n) is 2.60. The average molecular weight is 262 g/mol. The fraction of sp³-hybridized carbons (Fsp3) is 0.133. The molecule has 0 saturated heterocycles. The molecule has 0 unspecified atom stereocenters. The second-order valence-corrected chi connectivity index (χ2v) is 4.47. The summed E-state index contributed by atoms with van der Waals surface area (Å²) in [4.78, 5) is 11.7. The van der Waals surface area contributed by atoms with Crippen molar-refractivity contribution < 1.29 is 18.0 Å². The van der Waals surface area contributed by atoms with Crippen LogP contribution in [-0.4, -0.2) is 12.0 Å². The highest BCUT2D eigenvalue weighted by Crippen LogP contribution is 2.46. The standard InChI is InChI=1S/C15H9F3O/c16-15(17,18)14(19)13-11-7-3-1-5-9(11)10-6-2-4-8-12(10)13/h1-8,13H. The smallest absolute Gasteiger partial charge is 0.288 e. The Morgan fingerprint density at radius 2 is 1.26 bits per heavy atom. The van der Waals surface area contributed by atoms with Gasteiger partial charge < -0.3 is 0 Å². The number of hydrogen-bond acceptors (Lipinski definition) is 1. The highest BCUT2D eigenvalue weighted by atomic mass is 19.4. The van der Waals surface area contributed by atoms with E-state index in [0.717, 1.165) is 0 Å². The quantitative estimate of drug-likeness (QED) is 0.761. The molecule has 0 aromatic heterocycles. The van der Waals surface area contributed by atoms with Crippen LogP contribution in [-0.2, 0) is 4.79 Å². The number of carbonyl (C=O) groups excluding carboxylic acids is 1. The molecule has 4 heteroatoms. The summed E-state index contributed by atoms with van der Waals surface area (Å²) in [6.07, 6.45) is -4.82. The molecular formula is C15H9F3O. The minimum Gasteiger partial charge on any atom is -0.288 e. The number of benzene rings is 2. The Bertz CT molecular complexity index is 613. The number of hydrogen-bond donors (Lipinski definition) is 0. The van der Waals surface area contributed by atoms with Crippen LogP contribution >= 0.6 is 0 Å². The molecule has 0 spiro atoms. The molecule has 2 aromatic carbocycles. The third-order valence-electron chi connectivity index (χ3n) is 3.38. The van der Waals surface area contributed by atoms with Crippen molar-refractivity contribution in [2.75, 3.05) is 0 Å². The van der Waals surface area contributed by atoms with Gasteiger partial charge in [0.2, 0.25) is 5.78 Å². The van der Waals surface area contributed by atoms with E-state index in [4.69, 9.17) is 0 Å². The van der Waals surface area contributed by atoms with Gasteiger partial charge in [0.15, 0.2) is 0 Å². The molecule has 0 fully saturated rings. The first-order chi connectivity index (χ1) is 9.00. The molecule has 3 rings (SSSR count). The minimum absolute atomic E-state index is 0.436. The normalized spacial score (nSPS) is 14.1. The number of fused-ring (bicyclic) bond motifs is 3. The predicted octanol–water partition coefficient (Wildman–Crippen LogP) is 3.93. The molecule has 0 N–H and O–H groups in total. The summed E-state index contributed by atoms with van der Waals surface area (Å²) in [7, 11) is 0. The van der Waals surface area contributed by atoms with E-state index in [9.17, 15) is 18.0 Å². The number of halogens is 3. The Morgan fingerprint density at radius 3 is 1.68 bits per heavy atom. The molecular weight excluding hydrogens is 253 g/mol. The second-order valence-electron chi connectivity index (χ2n) is 4.47. The second kappa shape index (κ2) is 3.95. The molecule has 19 heavy (non-hydrogen) atoms. The van der Waals surface area contributed by atoms with Crippen molar-refractivity contribution in [2.24, 2.45) is 0 Å². The first-order valence-electron chi connectivity index (χ1n) is 5.79. The summed E-state index contributed by atoms with van der Waals surface area (Å²) >= 11 is 0. The lowest BCUT2D eigenvalue weighted by Crippen LogP contribution is -2.28. The summed E-state index contributed by atoms with van der Waals surface area (Å²) < 4.78 is 38.2. The molecule has 0 aliphatic heterocycles. The topological polar surface area (TPSA) is 17.1 Å². The van der Waals surface area contributed by atoms with Gasteiger partial charge in [0.05, 0.1) is 5.92 Å². The van der Waals surface area contributed by atoms with Crippen LogP contribution in [0.25, 0.3) is 11.1 Å². The molecule has 0 atom stereocenters. The zero-order valence-electron chi connectivity index (χ0n) is 9.74. The molecule has 1 nitrogen and oxygen atoms in total. The van der Waals surface area contributed by atoms with Gasteiger partial charge in [-0.15, -0.1) is 0 Å². The molecule has 0 radical (unpaired) electrons. The van der Waals surface area contributed by atoms with E-state index in [1.54, 1.807) is 48.5 Å². The van der Waals surface area contributed by atoms with Crippen LogP contribution in [0.15, 0.2) is 48.5 Å². The maximum Gasteiger partial charge on any atom is 0.450 e. The fourth-order valence-corrected chi connectivity index (χ4v) is 2.60. The van der Waals surface area contributed by atoms with E-state index in [0.29, 0.717) is 22.3 Å². The van der Waals surface area contributed by atoms with E-state index < -0.39 is 17.9 Å². The number of Topliss-reactive ketones (excluding diaryl/α,β-unsaturated/α-hetero) is 1. The number of rotatable bonds is 1. The van der Waals surface area contributed by atoms with Crippen LogP contribution in [0.1, 0.15) is 17.0 Å².